The molecule has 3 amide bonds. The highest BCUT2D eigenvalue weighted by Crippen LogP contribution is 2.16. The lowest BCUT2D eigenvalue weighted by Gasteiger charge is -2.34. The molecule has 9 heteroatoms. The largest absolute Gasteiger partial charge is 0.459 e. The second-order valence-electron chi connectivity index (χ2n) is 5.49. The fourth-order valence-corrected chi connectivity index (χ4v) is 2.54. The number of urea groups is 1. The third-order valence-corrected chi connectivity index (χ3v) is 3.92. The molecule has 25 heavy (non-hydrogen) atoms. The van der Waals surface area contributed by atoms with E-state index in [9.17, 15) is 19.7 Å². The molecule has 0 bridgehead atoms. The third-order valence-electron chi connectivity index (χ3n) is 3.92. The number of hydrogen-bond donors (Lipinski definition) is 1. The van der Waals surface area contributed by atoms with E-state index in [-0.39, 0.29) is 23.4 Å². The van der Waals surface area contributed by atoms with Crippen molar-refractivity contribution < 1.29 is 18.9 Å². The molecule has 0 atom stereocenters. The fraction of sp³-hybridized carbons (Fsp3) is 0.250. The zero-order valence-electron chi connectivity index (χ0n) is 13.3. The van der Waals surface area contributed by atoms with Crippen LogP contribution in [0.2, 0.25) is 0 Å². The maximum absolute atomic E-state index is 12.3. The van der Waals surface area contributed by atoms with Gasteiger partial charge >= 0.3 is 6.03 Å². The minimum Gasteiger partial charge on any atom is -0.459 e. The standard InChI is InChI=1S/C16H16N4O5/c21-15(14-2-1-11-25-14)18-7-9-19(10-8-18)16(22)17-12-3-5-13(6-4-12)20(23)24/h1-6,11H,7-10H2,(H,17,22). The smallest absolute Gasteiger partial charge is 0.321 e. The van der Waals surface area contributed by atoms with Gasteiger partial charge in [-0.2, -0.15) is 0 Å². The van der Waals surface area contributed by atoms with Gasteiger partial charge in [-0.1, -0.05) is 0 Å². The van der Waals surface area contributed by atoms with Crippen LogP contribution in [0.4, 0.5) is 16.2 Å². The van der Waals surface area contributed by atoms with E-state index in [1.807, 2.05) is 0 Å². The van der Waals surface area contributed by atoms with Gasteiger partial charge in [-0.05, 0) is 24.3 Å². The summed E-state index contributed by atoms with van der Waals surface area (Å²) in [5.41, 5.74) is 0.438. The number of nitrogens with zero attached hydrogens (tertiary/aromatic N) is 3. The fourth-order valence-electron chi connectivity index (χ4n) is 2.54. The van der Waals surface area contributed by atoms with Crippen molar-refractivity contribution in [3.8, 4) is 0 Å². The molecular weight excluding hydrogens is 328 g/mol. The maximum Gasteiger partial charge on any atom is 0.321 e. The molecule has 1 aliphatic rings. The summed E-state index contributed by atoms with van der Waals surface area (Å²) < 4.78 is 5.10. The summed E-state index contributed by atoms with van der Waals surface area (Å²) in [6.45, 7) is 1.61. The van der Waals surface area contributed by atoms with E-state index < -0.39 is 4.92 Å². The molecule has 1 aliphatic heterocycles. The summed E-state index contributed by atoms with van der Waals surface area (Å²) in [7, 11) is 0. The van der Waals surface area contributed by atoms with Crippen molar-refractivity contribution in [3.63, 3.8) is 0 Å². The molecule has 1 saturated heterocycles. The molecule has 9 nitrogen and oxygen atoms in total. The van der Waals surface area contributed by atoms with E-state index in [1.54, 1.807) is 21.9 Å². The van der Waals surface area contributed by atoms with Crippen LogP contribution in [0.5, 0.6) is 0 Å². The van der Waals surface area contributed by atoms with Crippen molar-refractivity contribution in [2.75, 3.05) is 31.5 Å². The molecule has 0 aliphatic carbocycles. The van der Waals surface area contributed by atoms with Crippen LogP contribution in [0, 0.1) is 10.1 Å². The van der Waals surface area contributed by atoms with Gasteiger partial charge in [0, 0.05) is 44.0 Å². The van der Waals surface area contributed by atoms with Crippen molar-refractivity contribution in [2.24, 2.45) is 0 Å². The molecule has 2 heterocycles. The number of nitrogens with one attached hydrogen (secondary N) is 1. The quantitative estimate of drug-likeness (QED) is 0.678. The minimum atomic E-state index is -0.499. The highest BCUT2D eigenvalue weighted by molar-refractivity contribution is 5.92. The second kappa shape index (κ2) is 7.04. The lowest BCUT2D eigenvalue weighted by Crippen LogP contribution is -2.51. The Balaban J connectivity index is 1.53. The zero-order valence-corrected chi connectivity index (χ0v) is 13.3. The van der Waals surface area contributed by atoms with E-state index in [0.29, 0.717) is 31.9 Å². The summed E-state index contributed by atoms with van der Waals surface area (Å²) in [4.78, 5) is 37.8. The molecule has 1 aromatic carbocycles. The van der Waals surface area contributed by atoms with Crippen molar-refractivity contribution in [1.82, 2.24) is 9.80 Å². The Morgan fingerprint density at radius 1 is 1.04 bits per heavy atom. The molecule has 0 unspecified atom stereocenters. The van der Waals surface area contributed by atoms with Crippen LogP contribution in [0.15, 0.2) is 47.1 Å². The van der Waals surface area contributed by atoms with Crippen LogP contribution in [0.3, 0.4) is 0 Å². The predicted molar refractivity (Wildman–Crippen MR) is 88.3 cm³/mol. The number of carbonyl (C=O) groups excluding carboxylic acids is 2. The predicted octanol–water partition coefficient (Wildman–Crippen LogP) is 2.18. The molecule has 0 radical (unpaired) electrons. The van der Waals surface area contributed by atoms with Gasteiger partial charge < -0.3 is 19.5 Å². The number of nitro groups is 1. The van der Waals surface area contributed by atoms with Gasteiger partial charge in [0.15, 0.2) is 5.76 Å². The van der Waals surface area contributed by atoms with Crippen LogP contribution in [-0.4, -0.2) is 52.8 Å². The molecule has 0 saturated carbocycles. The first-order chi connectivity index (χ1) is 12.0. The number of piperazine rings is 1. The van der Waals surface area contributed by atoms with Gasteiger partial charge in [0.25, 0.3) is 11.6 Å². The van der Waals surface area contributed by atoms with Crippen LogP contribution < -0.4 is 5.32 Å². The monoisotopic (exact) mass is 344 g/mol. The van der Waals surface area contributed by atoms with Gasteiger partial charge in [0.05, 0.1) is 11.2 Å². The molecule has 1 aromatic heterocycles. The van der Waals surface area contributed by atoms with Crippen LogP contribution in [0.1, 0.15) is 10.6 Å². The Morgan fingerprint density at radius 2 is 1.68 bits per heavy atom. The first-order valence-electron chi connectivity index (χ1n) is 7.68. The number of hydrogen-bond acceptors (Lipinski definition) is 5. The maximum atomic E-state index is 12.3. The summed E-state index contributed by atoms with van der Waals surface area (Å²) in [5, 5.41) is 13.3. The second-order valence-corrected chi connectivity index (χ2v) is 5.49. The van der Waals surface area contributed by atoms with E-state index >= 15 is 0 Å². The average Bonchev–Trinajstić information content (AvgIpc) is 3.16. The highest BCUT2D eigenvalue weighted by atomic mass is 16.6. The Labute approximate surface area is 143 Å². The van der Waals surface area contributed by atoms with E-state index in [2.05, 4.69) is 5.32 Å². The first-order valence-corrected chi connectivity index (χ1v) is 7.68. The number of nitro benzene ring substituents is 1. The van der Waals surface area contributed by atoms with E-state index in [4.69, 9.17) is 4.42 Å². The highest BCUT2D eigenvalue weighted by Gasteiger charge is 2.26. The molecule has 1 N–H and O–H groups in total. The van der Waals surface area contributed by atoms with Crippen LogP contribution in [0.25, 0.3) is 0 Å². The molecule has 0 spiro atoms. The van der Waals surface area contributed by atoms with Crippen LogP contribution >= 0.6 is 0 Å². The number of rotatable bonds is 3. The number of amides is 3. The Hall–Kier alpha value is -3.36. The number of furan rings is 1. The van der Waals surface area contributed by atoms with E-state index in [1.165, 1.54) is 30.5 Å². The van der Waals surface area contributed by atoms with Crippen molar-refractivity contribution in [1.29, 1.82) is 0 Å². The summed E-state index contributed by atoms with van der Waals surface area (Å²) in [6, 6.07) is 8.57. The molecular formula is C16H16N4O5. The summed E-state index contributed by atoms with van der Waals surface area (Å²) in [5.74, 6) is 0.0872. The lowest BCUT2D eigenvalue weighted by atomic mass is 10.2. The summed E-state index contributed by atoms with van der Waals surface area (Å²) >= 11 is 0. The van der Waals surface area contributed by atoms with Crippen LogP contribution in [-0.2, 0) is 0 Å². The minimum absolute atomic E-state index is 0.0388. The normalized spacial score (nSPS) is 14.2. The van der Waals surface area contributed by atoms with Gasteiger partial charge in [0.2, 0.25) is 0 Å². The van der Waals surface area contributed by atoms with E-state index in [0.717, 1.165) is 0 Å². The number of benzene rings is 1. The van der Waals surface area contributed by atoms with Gasteiger partial charge in [-0.3, -0.25) is 14.9 Å². The lowest BCUT2D eigenvalue weighted by molar-refractivity contribution is -0.384. The molecule has 2 aromatic rings. The average molecular weight is 344 g/mol. The van der Waals surface area contributed by atoms with Gasteiger partial charge in [-0.15, -0.1) is 0 Å². The Kier molecular flexibility index (Phi) is 4.64. The topological polar surface area (TPSA) is 109 Å². The van der Waals surface area contributed by atoms with Crippen molar-refractivity contribution in [3.05, 3.63) is 58.5 Å². The Bertz CT molecular complexity index is 764. The number of carbonyl (C=O) groups is 2. The number of anilines is 1. The zero-order chi connectivity index (χ0) is 17.8. The first kappa shape index (κ1) is 16.5. The van der Waals surface area contributed by atoms with Gasteiger partial charge in [0.1, 0.15) is 0 Å². The van der Waals surface area contributed by atoms with Crippen molar-refractivity contribution in [2.45, 2.75) is 0 Å². The van der Waals surface area contributed by atoms with Crippen molar-refractivity contribution >= 4 is 23.3 Å². The number of non-ortho nitro benzene ring substituents is 1. The molecule has 3 rings (SSSR count). The molecule has 130 valence electrons. The molecule has 1 fully saturated rings. The summed E-state index contributed by atoms with van der Waals surface area (Å²) in [6.07, 6.45) is 1.45. The SMILES string of the molecule is O=C(Nc1ccc([N+](=O)[O-])cc1)N1CCN(C(=O)c2ccco2)CC1. The van der Waals surface area contributed by atoms with Gasteiger partial charge in [-0.25, -0.2) is 4.79 Å². The Morgan fingerprint density at radius 3 is 2.24 bits per heavy atom. The third kappa shape index (κ3) is 3.77.